The minimum absolute atomic E-state index is 0. The van der Waals surface area contributed by atoms with Gasteiger partial charge < -0.3 is 58.7 Å². The van der Waals surface area contributed by atoms with Gasteiger partial charge in [0.1, 0.15) is 0 Å². The van der Waals surface area contributed by atoms with Crippen molar-refractivity contribution in [1.29, 1.82) is 0 Å². The van der Waals surface area contributed by atoms with Crippen LogP contribution < -0.4 is 285 Å². The summed E-state index contributed by atoms with van der Waals surface area (Å²) >= 11 is 0. The number of hydrogen-bond acceptors (Lipinski definition) is 12. The van der Waals surface area contributed by atoms with Crippen LogP contribution in [0.15, 0.2) is 0 Å². The summed E-state index contributed by atoms with van der Waals surface area (Å²) in [5.41, 5.74) is 0. The molecule has 0 amide bonds. The summed E-state index contributed by atoms with van der Waals surface area (Å²) < 4.78 is 59.7. The second-order valence-corrected chi connectivity index (χ2v) is 3.83. The van der Waals surface area contributed by atoms with E-state index in [9.17, 15) is 25.2 Å². The van der Waals surface area contributed by atoms with E-state index in [0.29, 0.717) is 0 Å². The second kappa shape index (κ2) is 112. The molecule has 0 fully saturated rings. The summed E-state index contributed by atoms with van der Waals surface area (Å²) in [6.45, 7) is 0. The van der Waals surface area contributed by atoms with Gasteiger partial charge in [-0.15, -0.1) is 52.1 Å². The first-order valence-electron chi connectivity index (χ1n) is 3.21. The first-order valence-corrected chi connectivity index (χ1v) is 9.62. The molecule has 0 saturated heterocycles. The summed E-state index contributed by atoms with van der Waals surface area (Å²) in [4.78, 5) is 100. The maximum atomic E-state index is 9.95. The maximum Gasteiger partial charge on any atom is 1.00 e. The van der Waals surface area contributed by atoms with E-state index in [4.69, 9.17) is 58.7 Å². The molecule has 0 bridgehead atoms. The molecule has 0 aliphatic rings. The Labute approximate surface area is 356 Å². The third-order valence-corrected chi connectivity index (χ3v) is 0. The predicted molar refractivity (Wildman–Crippen MR) is 48.2 cm³/mol. The molecule has 0 unspecified atom stereocenters. The fourth-order valence-electron chi connectivity index (χ4n) is 0. The van der Waals surface area contributed by atoms with Crippen molar-refractivity contribution in [3.63, 3.8) is 0 Å². The van der Waals surface area contributed by atoms with E-state index in [1.165, 1.54) is 0 Å². The molecule has 36 heteroatoms. The van der Waals surface area contributed by atoms with E-state index in [1.54, 1.807) is 0 Å². The van der Waals surface area contributed by atoms with Crippen LogP contribution in [0.5, 0.6) is 0 Å². The molecule has 0 aromatic rings. The van der Waals surface area contributed by atoms with E-state index >= 15 is 0 Å². The van der Waals surface area contributed by atoms with Crippen molar-refractivity contribution in [2.75, 3.05) is 0 Å². The molecule has 0 spiro atoms. The van der Waals surface area contributed by atoms with E-state index in [-0.39, 0.29) is 226 Å². The Morgan fingerprint density at radius 3 is 0.194 bits per heavy atom. The van der Waals surface area contributed by atoms with E-state index in [2.05, 4.69) is 0 Å². The van der Waals surface area contributed by atoms with Crippen LogP contribution in [-0.2, 0) is 0 Å². The van der Waals surface area contributed by atoms with Crippen molar-refractivity contribution in [3.8, 4) is 0 Å². The minimum atomic E-state index is -3.62. The van der Waals surface area contributed by atoms with Gasteiger partial charge in [0, 0.05) is 0 Å². The molecular formula is F6Li12O12P6. The van der Waals surface area contributed by atoms with E-state index < -0.39 is 52.1 Å². The average molecular weight is 575 g/mol. The monoisotopic (exact) mass is 576 g/mol. The van der Waals surface area contributed by atoms with Crippen LogP contribution in [0, 0.1) is 0 Å². The SMILES string of the molecule is [Li+].[Li+].[Li+].[Li+].[Li+].[Li+].[Li+].[Li+].[Li+].[Li+].[Li+].[Li+].[O-]P([O-])F.[O-]P([O-])F.[O-]P([O-])F.[O-]P([O-])F.[O-]P([O-])F.[O-]P([O-])F. The van der Waals surface area contributed by atoms with Gasteiger partial charge in [0.25, 0.3) is 0 Å². The summed E-state index contributed by atoms with van der Waals surface area (Å²) in [6.07, 6.45) is 0. The molecule has 156 valence electrons. The zero-order chi connectivity index (χ0) is 21.5. The molecule has 0 saturated carbocycles. The van der Waals surface area contributed by atoms with Crippen molar-refractivity contribution >= 4 is 52.1 Å². The van der Waals surface area contributed by atoms with Crippen molar-refractivity contribution in [3.05, 3.63) is 0 Å². The fraction of sp³-hybridized carbons (Fsp3) is 0. The second-order valence-electron chi connectivity index (χ2n) is 1.28. The molecule has 0 N–H and O–H groups in total. The third-order valence-electron chi connectivity index (χ3n) is 0. The Hall–Kier alpha value is 8.85. The molecule has 0 atom stereocenters. The van der Waals surface area contributed by atoms with E-state index in [1.807, 2.05) is 0 Å². The number of hydrogen-bond donors (Lipinski definition) is 0. The smallest absolute Gasteiger partial charge is 0.816 e. The Morgan fingerprint density at radius 2 is 0.194 bits per heavy atom. The Bertz CT molecular complexity index is 144. The molecular weight excluding hydrogens is 575 g/mol. The summed E-state index contributed by atoms with van der Waals surface area (Å²) in [7, 11) is -21.7. The zero-order valence-electron chi connectivity index (χ0n) is 21.9. The van der Waals surface area contributed by atoms with Crippen LogP contribution in [-0.4, -0.2) is 0 Å². The van der Waals surface area contributed by atoms with Gasteiger partial charge in [-0.05, 0) is 0 Å². The average Bonchev–Trinajstić information content (AvgIpc) is 2.08. The van der Waals surface area contributed by atoms with E-state index in [0.717, 1.165) is 0 Å². The van der Waals surface area contributed by atoms with Gasteiger partial charge in [-0.1, -0.05) is 0 Å². The van der Waals surface area contributed by atoms with Gasteiger partial charge in [-0.3, -0.25) is 25.2 Å². The van der Waals surface area contributed by atoms with Crippen LogP contribution in [0.4, 0.5) is 25.2 Å². The molecule has 0 aromatic carbocycles. The molecule has 0 rings (SSSR count). The predicted octanol–water partition coefficient (Wildman–Crippen LogP) is -42.5. The van der Waals surface area contributed by atoms with Gasteiger partial charge in [-0.2, -0.15) is 0 Å². The number of rotatable bonds is 0. The Balaban J connectivity index is -0.00000000633. The topological polar surface area (TPSA) is 277 Å². The first-order chi connectivity index (χ1) is 10.4. The van der Waals surface area contributed by atoms with Gasteiger partial charge in [-0.25, -0.2) is 0 Å². The Kier molecular flexibility index (Phi) is 371. The van der Waals surface area contributed by atoms with Gasteiger partial charge in [0.2, 0.25) is 0 Å². The van der Waals surface area contributed by atoms with Crippen LogP contribution in [0.2, 0.25) is 0 Å². The Morgan fingerprint density at radius 1 is 0.194 bits per heavy atom. The van der Waals surface area contributed by atoms with Crippen LogP contribution in [0.1, 0.15) is 0 Å². The molecule has 0 heterocycles. The van der Waals surface area contributed by atoms with Crippen molar-refractivity contribution in [1.82, 2.24) is 0 Å². The van der Waals surface area contributed by atoms with Crippen LogP contribution >= 0.6 is 52.1 Å². The quantitative estimate of drug-likeness (QED) is 0.148. The van der Waals surface area contributed by atoms with Gasteiger partial charge in [0.15, 0.2) is 0 Å². The fourth-order valence-corrected chi connectivity index (χ4v) is 0. The molecule has 0 aliphatic carbocycles. The minimum Gasteiger partial charge on any atom is -0.816 e. The van der Waals surface area contributed by atoms with Gasteiger partial charge in [0.05, 0.1) is 0 Å². The first kappa shape index (κ1) is 120. The van der Waals surface area contributed by atoms with Crippen molar-refractivity contribution < 1.29 is 310 Å². The molecule has 12 nitrogen and oxygen atoms in total. The summed E-state index contributed by atoms with van der Waals surface area (Å²) in [5, 5.41) is 0. The standard InChI is InChI=1S/6FO2P.12Li/c6*1-4(2)3;;;;;;;;;;;;/q6*-2;12*+1. The normalized spacial score (nSPS) is 6.00. The summed E-state index contributed by atoms with van der Waals surface area (Å²) in [6, 6.07) is 0. The van der Waals surface area contributed by atoms with Crippen molar-refractivity contribution in [2.45, 2.75) is 0 Å². The molecule has 36 heavy (non-hydrogen) atoms. The van der Waals surface area contributed by atoms with Crippen LogP contribution in [0.3, 0.4) is 0 Å². The maximum absolute atomic E-state index is 9.95. The molecule has 0 aliphatic heterocycles. The van der Waals surface area contributed by atoms with Gasteiger partial charge >= 0.3 is 226 Å². The largest absolute Gasteiger partial charge is 1.00 e. The molecule has 0 aromatic heterocycles. The third kappa shape index (κ3) is 958. The zero-order valence-corrected chi connectivity index (χ0v) is 27.2. The molecule has 0 radical (unpaired) electrons. The number of halogens is 6. The van der Waals surface area contributed by atoms with Crippen LogP contribution in [0.25, 0.3) is 0 Å². The van der Waals surface area contributed by atoms with Crippen molar-refractivity contribution in [2.24, 2.45) is 0 Å². The summed E-state index contributed by atoms with van der Waals surface area (Å²) in [5.74, 6) is 0.